The van der Waals surface area contributed by atoms with Crippen molar-refractivity contribution >= 4 is 34.0 Å². The molecule has 1 aliphatic heterocycles. The third kappa shape index (κ3) is 4.31. The zero-order valence-corrected chi connectivity index (χ0v) is 17.1. The van der Waals surface area contributed by atoms with E-state index in [1.807, 2.05) is 6.92 Å². The quantitative estimate of drug-likeness (QED) is 0.653. The number of aromatic amines is 1. The molecule has 0 bridgehead atoms. The van der Waals surface area contributed by atoms with Crippen molar-refractivity contribution in [1.82, 2.24) is 25.5 Å². The molecule has 27 heavy (non-hydrogen) atoms. The van der Waals surface area contributed by atoms with Crippen molar-refractivity contribution in [3.05, 3.63) is 33.8 Å². The maximum atomic E-state index is 12.4. The van der Waals surface area contributed by atoms with Gasteiger partial charge in [0, 0.05) is 13.1 Å². The normalized spacial score (nSPS) is 18.0. The SMILES string of the molecule is C=C1CN(c2nnc(C(C)(C)O)s2)CC[C@H]1NC(=O)c1nc(Cl)c(CC)[nH]1. The highest BCUT2D eigenvalue weighted by atomic mass is 35.5. The Balaban J connectivity index is 1.62. The summed E-state index contributed by atoms with van der Waals surface area (Å²) in [6.07, 6.45) is 1.37. The lowest BCUT2D eigenvalue weighted by molar-refractivity contribution is 0.0775. The third-order valence-corrected chi connectivity index (χ3v) is 5.99. The maximum absolute atomic E-state index is 12.4. The summed E-state index contributed by atoms with van der Waals surface area (Å²) >= 11 is 7.37. The first-order chi connectivity index (χ1) is 12.7. The molecule has 10 heteroatoms. The van der Waals surface area contributed by atoms with E-state index in [0.717, 1.165) is 16.4 Å². The molecular weight excluding hydrogens is 388 g/mol. The second-order valence-electron chi connectivity index (χ2n) is 7.05. The molecule has 1 saturated heterocycles. The zero-order valence-electron chi connectivity index (χ0n) is 15.5. The molecule has 3 rings (SSSR count). The summed E-state index contributed by atoms with van der Waals surface area (Å²) in [6, 6.07) is -0.149. The number of aromatic nitrogens is 4. The lowest BCUT2D eigenvalue weighted by Gasteiger charge is -2.33. The first kappa shape index (κ1) is 19.8. The van der Waals surface area contributed by atoms with Gasteiger partial charge in [0.1, 0.15) is 10.6 Å². The molecule has 2 aromatic rings. The van der Waals surface area contributed by atoms with E-state index in [9.17, 15) is 9.90 Å². The molecule has 0 radical (unpaired) electrons. The largest absolute Gasteiger partial charge is 0.383 e. The van der Waals surface area contributed by atoms with Gasteiger partial charge in [-0.15, -0.1) is 10.2 Å². The van der Waals surface area contributed by atoms with Gasteiger partial charge in [0.15, 0.2) is 11.0 Å². The number of rotatable bonds is 5. The Morgan fingerprint density at radius 3 is 2.81 bits per heavy atom. The number of aryl methyl sites for hydroxylation is 1. The predicted molar refractivity (Wildman–Crippen MR) is 105 cm³/mol. The van der Waals surface area contributed by atoms with Gasteiger partial charge < -0.3 is 20.3 Å². The van der Waals surface area contributed by atoms with Crippen molar-refractivity contribution in [1.29, 1.82) is 0 Å². The summed E-state index contributed by atoms with van der Waals surface area (Å²) in [6.45, 7) is 10.7. The van der Waals surface area contributed by atoms with Crippen molar-refractivity contribution in [2.24, 2.45) is 0 Å². The summed E-state index contributed by atoms with van der Waals surface area (Å²) in [5.74, 6) is -0.0811. The van der Waals surface area contributed by atoms with Crippen LogP contribution in [-0.2, 0) is 12.0 Å². The summed E-state index contributed by atoms with van der Waals surface area (Å²) in [4.78, 5) is 21.5. The number of carbonyl (C=O) groups excluding carboxylic acids is 1. The molecular formula is C17H23ClN6O2S. The van der Waals surface area contributed by atoms with Crippen LogP contribution < -0.4 is 10.2 Å². The minimum Gasteiger partial charge on any atom is -0.383 e. The van der Waals surface area contributed by atoms with Crippen LogP contribution in [-0.4, -0.2) is 50.3 Å². The van der Waals surface area contributed by atoms with Gasteiger partial charge >= 0.3 is 0 Å². The van der Waals surface area contributed by atoms with Gasteiger partial charge in [-0.25, -0.2) is 4.98 Å². The highest BCUT2D eigenvalue weighted by molar-refractivity contribution is 7.15. The number of piperidine rings is 1. The molecule has 2 aromatic heterocycles. The van der Waals surface area contributed by atoms with Crippen LogP contribution in [0.5, 0.6) is 0 Å². The number of aliphatic hydroxyl groups is 1. The molecule has 1 amide bonds. The summed E-state index contributed by atoms with van der Waals surface area (Å²) in [5, 5.41) is 22.9. The van der Waals surface area contributed by atoms with E-state index in [2.05, 4.69) is 37.0 Å². The number of halogens is 1. The topological polar surface area (TPSA) is 107 Å². The van der Waals surface area contributed by atoms with Crippen molar-refractivity contribution in [3.8, 4) is 0 Å². The molecule has 0 aliphatic carbocycles. The zero-order chi connectivity index (χ0) is 19.8. The van der Waals surface area contributed by atoms with Gasteiger partial charge in [-0.2, -0.15) is 0 Å². The number of hydrogen-bond donors (Lipinski definition) is 3. The first-order valence-corrected chi connectivity index (χ1v) is 9.92. The Hall–Kier alpha value is -1.97. The van der Waals surface area contributed by atoms with E-state index >= 15 is 0 Å². The van der Waals surface area contributed by atoms with Gasteiger partial charge in [0.2, 0.25) is 5.13 Å². The van der Waals surface area contributed by atoms with E-state index in [4.69, 9.17) is 11.6 Å². The first-order valence-electron chi connectivity index (χ1n) is 8.73. The molecule has 0 saturated carbocycles. The highest BCUT2D eigenvalue weighted by Gasteiger charge is 2.29. The molecule has 146 valence electrons. The number of carbonyl (C=O) groups is 1. The van der Waals surface area contributed by atoms with Gasteiger partial charge in [-0.05, 0) is 32.3 Å². The second-order valence-corrected chi connectivity index (χ2v) is 8.37. The van der Waals surface area contributed by atoms with Gasteiger partial charge in [0.05, 0.1) is 11.7 Å². The number of H-pyrrole nitrogens is 1. The summed E-state index contributed by atoms with van der Waals surface area (Å²) < 4.78 is 0. The second kappa shape index (κ2) is 7.57. The average molecular weight is 411 g/mol. The van der Waals surface area contributed by atoms with Crippen LogP contribution in [0.4, 0.5) is 5.13 Å². The number of nitrogens with one attached hydrogen (secondary N) is 2. The van der Waals surface area contributed by atoms with Crippen LogP contribution in [0.2, 0.25) is 5.15 Å². The molecule has 0 unspecified atom stereocenters. The van der Waals surface area contributed by atoms with Crippen molar-refractivity contribution in [3.63, 3.8) is 0 Å². The van der Waals surface area contributed by atoms with Crippen molar-refractivity contribution < 1.29 is 9.90 Å². The van der Waals surface area contributed by atoms with Crippen LogP contribution in [0.3, 0.4) is 0 Å². The number of amides is 1. The predicted octanol–water partition coefficient (Wildman–Crippen LogP) is 2.27. The van der Waals surface area contributed by atoms with Crippen LogP contribution in [0.1, 0.15) is 48.5 Å². The van der Waals surface area contributed by atoms with Gasteiger partial charge in [0.25, 0.3) is 5.91 Å². The van der Waals surface area contributed by atoms with Crippen LogP contribution in [0.25, 0.3) is 0 Å². The van der Waals surface area contributed by atoms with Crippen molar-refractivity contribution in [2.45, 2.75) is 45.3 Å². The standard InChI is InChI=1S/C17H23ClN6O2S/c1-5-10-12(18)21-13(19-10)14(25)20-11-6-7-24(8-9(11)2)16-23-22-15(27-16)17(3,4)26/h11,26H,2,5-8H2,1,3-4H3,(H,19,21)(H,20,25)/t11-/m1/s1. The lowest BCUT2D eigenvalue weighted by atomic mass is 10.0. The Morgan fingerprint density at radius 2 is 2.26 bits per heavy atom. The number of imidazole rings is 1. The number of anilines is 1. The lowest BCUT2D eigenvalue weighted by Crippen LogP contribution is -2.46. The minimum atomic E-state index is -1.01. The maximum Gasteiger partial charge on any atom is 0.287 e. The fourth-order valence-electron chi connectivity index (χ4n) is 2.81. The Morgan fingerprint density at radius 1 is 1.52 bits per heavy atom. The third-order valence-electron chi connectivity index (χ3n) is 4.38. The van der Waals surface area contributed by atoms with Crippen molar-refractivity contribution in [2.75, 3.05) is 18.0 Å². The molecule has 0 aromatic carbocycles. The number of nitrogens with zero attached hydrogens (tertiary/aromatic N) is 4. The smallest absolute Gasteiger partial charge is 0.287 e. The summed E-state index contributed by atoms with van der Waals surface area (Å²) in [5.41, 5.74) is 0.610. The fourth-order valence-corrected chi connectivity index (χ4v) is 3.94. The molecule has 0 spiro atoms. The van der Waals surface area contributed by atoms with Crippen LogP contribution in [0, 0.1) is 0 Å². The molecule has 8 nitrogen and oxygen atoms in total. The summed E-state index contributed by atoms with van der Waals surface area (Å²) in [7, 11) is 0. The fraction of sp³-hybridized carbons (Fsp3) is 0.529. The van der Waals surface area contributed by atoms with E-state index in [-0.39, 0.29) is 17.8 Å². The molecule has 1 aliphatic rings. The molecule has 1 fully saturated rings. The van der Waals surface area contributed by atoms with E-state index in [1.165, 1.54) is 11.3 Å². The highest BCUT2D eigenvalue weighted by Crippen LogP contribution is 2.30. The van der Waals surface area contributed by atoms with E-state index < -0.39 is 5.60 Å². The van der Waals surface area contributed by atoms with E-state index in [0.29, 0.717) is 36.1 Å². The van der Waals surface area contributed by atoms with Gasteiger partial charge in [-0.1, -0.05) is 36.4 Å². The monoisotopic (exact) mass is 410 g/mol. The molecule has 3 N–H and O–H groups in total. The van der Waals surface area contributed by atoms with Crippen LogP contribution in [0.15, 0.2) is 12.2 Å². The Bertz CT molecular complexity index is 856. The van der Waals surface area contributed by atoms with Gasteiger partial charge in [-0.3, -0.25) is 4.79 Å². The van der Waals surface area contributed by atoms with Crippen LogP contribution >= 0.6 is 22.9 Å². The number of hydrogen-bond acceptors (Lipinski definition) is 7. The Kier molecular flexibility index (Phi) is 5.55. The Labute approximate surface area is 166 Å². The van der Waals surface area contributed by atoms with E-state index in [1.54, 1.807) is 13.8 Å². The minimum absolute atomic E-state index is 0.149. The molecule has 1 atom stereocenters. The molecule has 3 heterocycles. The average Bonchev–Trinajstić information content (AvgIpc) is 3.23.